The van der Waals surface area contributed by atoms with Gasteiger partial charge >= 0.3 is 0 Å². The number of hydrogen-bond acceptors (Lipinski definition) is 3. The molecule has 0 saturated heterocycles. The molecule has 0 heterocycles. The van der Waals surface area contributed by atoms with Crippen LogP contribution in [0.2, 0.25) is 0 Å². The highest BCUT2D eigenvalue weighted by Crippen LogP contribution is 2.37. The van der Waals surface area contributed by atoms with E-state index in [2.05, 4.69) is 6.92 Å². The molecule has 1 amide bonds. The van der Waals surface area contributed by atoms with Crippen molar-refractivity contribution in [3.63, 3.8) is 0 Å². The van der Waals surface area contributed by atoms with Crippen molar-refractivity contribution in [3.05, 3.63) is 29.8 Å². The Hall–Kier alpha value is -1.62. The Kier molecular flexibility index (Phi) is 4.60. The number of nitrogens with zero attached hydrogens (tertiary/aromatic N) is 1. The molecule has 0 aromatic heterocycles. The van der Waals surface area contributed by atoms with Crippen LogP contribution in [-0.4, -0.2) is 36.0 Å². The number of ether oxygens (including phenoxy) is 1. The van der Waals surface area contributed by atoms with Crippen molar-refractivity contribution < 1.29 is 9.53 Å². The Balaban J connectivity index is 1.78. The predicted octanol–water partition coefficient (Wildman–Crippen LogP) is 1.81. The van der Waals surface area contributed by atoms with Gasteiger partial charge in [-0.25, -0.2) is 0 Å². The van der Waals surface area contributed by atoms with Gasteiger partial charge in [-0.1, -0.05) is 19.1 Å². The Morgan fingerprint density at radius 2 is 2.05 bits per heavy atom. The van der Waals surface area contributed by atoms with E-state index in [1.165, 1.54) is 6.42 Å². The van der Waals surface area contributed by atoms with Crippen LogP contribution >= 0.6 is 12.2 Å². The quantitative estimate of drug-likeness (QED) is 0.813. The van der Waals surface area contributed by atoms with E-state index in [9.17, 15) is 4.79 Å². The van der Waals surface area contributed by atoms with Gasteiger partial charge in [0.25, 0.3) is 5.91 Å². The van der Waals surface area contributed by atoms with Crippen LogP contribution in [0.25, 0.3) is 0 Å². The van der Waals surface area contributed by atoms with Gasteiger partial charge in [0.15, 0.2) is 6.61 Å². The van der Waals surface area contributed by atoms with Crippen molar-refractivity contribution in [1.82, 2.24) is 4.90 Å². The molecule has 1 aromatic carbocycles. The molecule has 1 saturated carbocycles. The van der Waals surface area contributed by atoms with Crippen LogP contribution in [0.1, 0.15) is 18.9 Å². The lowest BCUT2D eigenvalue weighted by Crippen LogP contribution is -2.33. The van der Waals surface area contributed by atoms with E-state index in [-0.39, 0.29) is 12.5 Å². The van der Waals surface area contributed by atoms with E-state index >= 15 is 0 Å². The summed E-state index contributed by atoms with van der Waals surface area (Å²) >= 11 is 4.88. The molecule has 20 heavy (non-hydrogen) atoms. The monoisotopic (exact) mass is 292 g/mol. The lowest BCUT2D eigenvalue weighted by atomic mass is 10.2. The van der Waals surface area contributed by atoms with E-state index in [0.29, 0.717) is 16.7 Å². The van der Waals surface area contributed by atoms with Gasteiger partial charge in [-0.15, -0.1) is 0 Å². The highest BCUT2D eigenvalue weighted by Gasteiger charge is 2.34. The molecule has 1 aliphatic rings. The fourth-order valence-corrected chi connectivity index (χ4v) is 2.21. The van der Waals surface area contributed by atoms with Crippen LogP contribution in [-0.2, 0) is 4.79 Å². The van der Waals surface area contributed by atoms with Crippen molar-refractivity contribution in [1.29, 1.82) is 0 Å². The number of carbonyl (C=O) groups excluding carboxylic acids is 1. The van der Waals surface area contributed by atoms with Crippen LogP contribution < -0.4 is 10.5 Å². The summed E-state index contributed by atoms with van der Waals surface area (Å²) < 4.78 is 5.48. The summed E-state index contributed by atoms with van der Waals surface area (Å²) in [6.07, 6.45) is 1.22. The van der Waals surface area contributed by atoms with Gasteiger partial charge in [0.05, 0.1) is 0 Å². The summed E-state index contributed by atoms with van der Waals surface area (Å²) in [5.41, 5.74) is 6.31. The topological polar surface area (TPSA) is 55.6 Å². The summed E-state index contributed by atoms with van der Waals surface area (Å²) in [6, 6.07) is 7.12. The highest BCUT2D eigenvalue weighted by atomic mass is 32.1. The summed E-state index contributed by atoms with van der Waals surface area (Å²) in [5, 5.41) is 0. The van der Waals surface area contributed by atoms with Crippen LogP contribution in [0, 0.1) is 11.8 Å². The summed E-state index contributed by atoms with van der Waals surface area (Å²) in [7, 11) is 1.83. The molecule has 0 aliphatic heterocycles. The minimum Gasteiger partial charge on any atom is -0.484 e. The second kappa shape index (κ2) is 6.22. The molecule has 2 rings (SSSR count). The molecule has 1 fully saturated rings. The van der Waals surface area contributed by atoms with E-state index in [4.69, 9.17) is 22.7 Å². The lowest BCUT2D eigenvalue weighted by Gasteiger charge is -2.17. The first-order chi connectivity index (χ1) is 9.47. The van der Waals surface area contributed by atoms with E-state index in [0.717, 1.165) is 18.0 Å². The molecule has 4 nitrogen and oxygen atoms in total. The number of nitrogens with two attached hydrogens (primary N) is 1. The first-order valence-corrected chi connectivity index (χ1v) is 7.15. The fraction of sp³-hybridized carbons (Fsp3) is 0.467. The third-order valence-corrected chi connectivity index (χ3v) is 3.95. The summed E-state index contributed by atoms with van der Waals surface area (Å²) in [6.45, 7) is 3.09. The van der Waals surface area contributed by atoms with Crippen LogP contribution in [0.4, 0.5) is 0 Å². The minimum absolute atomic E-state index is 0.00234. The predicted molar refractivity (Wildman–Crippen MR) is 82.7 cm³/mol. The number of hydrogen-bond donors (Lipinski definition) is 1. The first-order valence-electron chi connectivity index (χ1n) is 6.74. The smallest absolute Gasteiger partial charge is 0.260 e. The maximum absolute atomic E-state index is 11.9. The molecule has 108 valence electrons. The van der Waals surface area contributed by atoms with Gasteiger partial charge < -0.3 is 15.4 Å². The minimum atomic E-state index is 0.00234. The summed E-state index contributed by atoms with van der Waals surface area (Å²) in [4.78, 5) is 14.0. The van der Waals surface area contributed by atoms with Crippen molar-refractivity contribution in [2.45, 2.75) is 13.3 Å². The molecule has 0 spiro atoms. The van der Waals surface area contributed by atoms with Crippen molar-refractivity contribution in [2.24, 2.45) is 17.6 Å². The third-order valence-electron chi connectivity index (χ3n) is 3.71. The molecule has 2 unspecified atom stereocenters. The van der Waals surface area contributed by atoms with Crippen LogP contribution in [0.15, 0.2) is 24.3 Å². The Bertz CT molecular complexity index is 501. The average molecular weight is 292 g/mol. The third kappa shape index (κ3) is 3.93. The second-order valence-electron chi connectivity index (χ2n) is 5.42. The standard InChI is InChI=1S/C15H20N2O2S/c1-10-7-12(10)8-17(2)14(18)9-19-13-5-3-11(4-6-13)15(16)20/h3-6,10,12H,7-9H2,1-2H3,(H2,16,20). The number of rotatable bonds is 6. The Morgan fingerprint density at radius 1 is 1.45 bits per heavy atom. The molecule has 5 heteroatoms. The van der Waals surface area contributed by atoms with Crippen LogP contribution in [0.5, 0.6) is 5.75 Å². The molecule has 2 atom stereocenters. The zero-order chi connectivity index (χ0) is 14.7. The van der Waals surface area contributed by atoms with Crippen molar-refractivity contribution in [2.75, 3.05) is 20.2 Å². The zero-order valence-corrected chi connectivity index (χ0v) is 12.7. The normalized spacial score (nSPS) is 20.3. The van der Waals surface area contributed by atoms with Gasteiger partial charge in [-0.05, 0) is 42.5 Å². The van der Waals surface area contributed by atoms with Crippen molar-refractivity contribution >= 4 is 23.1 Å². The number of likely N-dealkylation sites (N-methyl/N-ethyl adjacent to an activating group) is 1. The van der Waals surface area contributed by atoms with E-state index < -0.39 is 0 Å². The van der Waals surface area contributed by atoms with E-state index in [1.807, 2.05) is 7.05 Å². The maximum atomic E-state index is 11.9. The van der Waals surface area contributed by atoms with Gasteiger partial charge in [-0.3, -0.25) is 4.79 Å². The van der Waals surface area contributed by atoms with E-state index in [1.54, 1.807) is 29.2 Å². The van der Waals surface area contributed by atoms with Gasteiger partial charge in [0.2, 0.25) is 0 Å². The van der Waals surface area contributed by atoms with Gasteiger partial charge in [0.1, 0.15) is 10.7 Å². The lowest BCUT2D eigenvalue weighted by molar-refractivity contribution is -0.132. The summed E-state index contributed by atoms with van der Waals surface area (Å²) in [5.74, 6) is 2.06. The first kappa shape index (κ1) is 14.8. The number of amides is 1. The molecule has 1 aliphatic carbocycles. The largest absolute Gasteiger partial charge is 0.484 e. The second-order valence-corrected chi connectivity index (χ2v) is 5.86. The Labute approximate surface area is 124 Å². The molecular weight excluding hydrogens is 272 g/mol. The maximum Gasteiger partial charge on any atom is 0.260 e. The Morgan fingerprint density at radius 3 is 2.55 bits per heavy atom. The number of carbonyl (C=O) groups is 1. The van der Waals surface area contributed by atoms with Crippen molar-refractivity contribution in [3.8, 4) is 5.75 Å². The highest BCUT2D eigenvalue weighted by molar-refractivity contribution is 7.80. The van der Waals surface area contributed by atoms with Crippen LogP contribution in [0.3, 0.4) is 0 Å². The zero-order valence-electron chi connectivity index (χ0n) is 11.8. The fourth-order valence-electron chi connectivity index (χ4n) is 2.08. The average Bonchev–Trinajstić information content (AvgIpc) is 3.11. The molecule has 0 bridgehead atoms. The molecule has 0 radical (unpaired) electrons. The molecular formula is C15H20N2O2S. The number of benzene rings is 1. The molecule has 1 aromatic rings. The number of thiocarbonyl (C=S) groups is 1. The molecule has 2 N–H and O–H groups in total. The SMILES string of the molecule is CC1CC1CN(C)C(=O)COc1ccc(C(N)=S)cc1. The van der Waals surface area contributed by atoms with Gasteiger partial charge in [0, 0.05) is 19.2 Å². The van der Waals surface area contributed by atoms with Gasteiger partial charge in [-0.2, -0.15) is 0 Å².